The van der Waals surface area contributed by atoms with Gasteiger partial charge < -0.3 is 5.32 Å². The Balaban J connectivity index is 1.65. The minimum absolute atomic E-state index is 0.0161. The van der Waals surface area contributed by atoms with Crippen molar-refractivity contribution in [1.29, 1.82) is 0 Å². The fourth-order valence-electron chi connectivity index (χ4n) is 1.80. The third-order valence-electron chi connectivity index (χ3n) is 3.02. The number of thioether (sulfide) groups is 1. The summed E-state index contributed by atoms with van der Waals surface area (Å²) in [7, 11) is 0. The van der Waals surface area contributed by atoms with Gasteiger partial charge in [-0.05, 0) is 48.5 Å². The lowest BCUT2D eigenvalue weighted by Gasteiger charge is -2.08. The van der Waals surface area contributed by atoms with Crippen molar-refractivity contribution in [3.8, 4) is 0 Å². The van der Waals surface area contributed by atoms with Crippen LogP contribution in [-0.4, -0.2) is 29.2 Å². The van der Waals surface area contributed by atoms with Crippen LogP contribution in [0.5, 0.6) is 0 Å². The van der Waals surface area contributed by atoms with Crippen LogP contribution in [0.1, 0.15) is 10.4 Å². The van der Waals surface area contributed by atoms with Crippen molar-refractivity contribution in [3.63, 3.8) is 0 Å². The predicted octanol–water partition coefficient (Wildman–Crippen LogP) is 2.61. The van der Waals surface area contributed by atoms with E-state index in [1.54, 1.807) is 24.3 Å². The molecular weight excluding hydrogens is 381 g/mol. The summed E-state index contributed by atoms with van der Waals surface area (Å²) >= 11 is 6.85. The standard InChI is InChI=1S/C17H15ClFN3O3S/c18-12-3-7-14(8-4-12)20-15(23)9-26-10-16(24)21-22-17(25)11-1-5-13(19)6-2-11/h1-8H,9-10H2,(H,20,23)(H,21,24)(H,22,25). The average Bonchev–Trinajstić information content (AvgIpc) is 2.62. The molecule has 9 heteroatoms. The molecule has 0 radical (unpaired) electrons. The Bertz CT molecular complexity index is 785. The van der Waals surface area contributed by atoms with Crippen molar-refractivity contribution >= 4 is 46.8 Å². The van der Waals surface area contributed by atoms with Gasteiger partial charge in [0.25, 0.3) is 5.91 Å². The van der Waals surface area contributed by atoms with E-state index in [1.165, 1.54) is 12.1 Å². The van der Waals surface area contributed by atoms with E-state index in [0.717, 1.165) is 23.9 Å². The van der Waals surface area contributed by atoms with E-state index in [2.05, 4.69) is 16.2 Å². The predicted molar refractivity (Wildman–Crippen MR) is 99.4 cm³/mol. The van der Waals surface area contributed by atoms with Crippen LogP contribution in [0.25, 0.3) is 0 Å². The Labute approximate surface area is 158 Å². The van der Waals surface area contributed by atoms with Crippen LogP contribution < -0.4 is 16.2 Å². The van der Waals surface area contributed by atoms with Gasteiger partial charge in [0.1, 0.15) is 5.82 Å². The molecule has 2 aromatic carbocycles. The van der Waals surface area contributed by atoms with Crippen molar-refractivity contribution in [1.82, 2.24) is 10.9 Å². The summed E-state index contributed by atoms with van der Waals surface area (Å²) in [6.45, 7) is 0. The number of rotatable bonds is 6. The minimum Gasteiger partial charge on any atom is -0.325 e. The van der Waals surface area contributed by atoms with Gasteiger partial charge in [-0.15, -0.1) is 11.8 Å². The van der Waals surface area contributed by atoms with Crippen molar-refractivity contribution in [2.75, 3.05) is 16.8 Å². The normalized spacial score (nSPS) is 10.1. The Kier molecular flexibility index (Phi) is 7.43. The molecule has 0 unspecified atom stereocenters. The van der Waals surface area contributed by atoms with Gasteiger partial charge in [0.05, 0.1) is 11.5 Å². The Morgan fingerprint density at radius 1 is 0.885 bits per heavy atom. The van der Waals surface area contributed by atoms with E-state index >= 15 is 0 Å². The molecule has 0 spiro atoms. The van der Waals surface area contributed by atoms with Gasteiger partial charge in [-0.3, -0.25) is 25.2 Å². The molecule has 0 atom stereocenters. The van der Waals surface area contributed by atoms with Crippen molar-refractivity contribution in [3.05, 3.63) is 64.9 Å². The highest BCUT2D eigenvalue weighted by Crippen LogP contribution is 2.13. The molecule has 0 heterocycles. The molecule has 0 aliphatic rings. The van der Waals surface area contributed by atoms with Gasteiger partial charge in [-0.25, -0.2) is 4.39 Å². The van der Waals surface area contributed by atoms with Crippen LogP contribution in [0.3, 0.4) is 0 Å². The van der Waals surface area contributed by atoms with E-state index < -0.39 is 17.6 Å². The maximum atomic E-state index is 12.8. The molecule has 6 nitrogen and oxygen atoms in total. The summed E-state index contributed by atoms with van der Waals surface area (Å²) in [5, 5.41) is 3.24. The molecule has 3 N–H and O–H groups in total. The number of benzene rings is 2. The first-order valence-electron chi connectivity index (χ1n) is 7.42. The number of carbonyl (C=O) groups excluding carboxylic acids is 3. The lowest BCUT2D eigenvalue weighted by Crippen LogP contribution is -2.42. The minimum atomic E-state index is -0.566. The highest BCUT2D eigenvalue weighted by atomic mass is 35.5. The zero-order valence-corrected chi connectivity index (χ0v) is 15.0. The second-order valence-corrected chi connectivity index (χ2v) is 6.48. The molecule has 136 valence electrons. The van der Waals surface area contributed by atoms with E-state index in [-0.39, 0.29) is 23.0 Å². The second-order valence-electron chi connectivity index (χ2n) is 5.06. The van der Waals surface area contributed by atoms with Crippen molar-refractivity contribution < 1.29 is 18.8 Å². The van der Waals surface area contributed by atoms with Crippen molar-refractivity contribution in [2.24, 2.45) is 0 Å². The summed E-state index contributed by atoms with van der Waals surface area (Å²) < 4.78 is 12.8. The number of hydrogen-bond donors (Lipinski definition) is 3. The largest absolute Gasteiger partial charge is 0.325 e. The molecule has 2 rings (SSSR count). The molecule has 0 aromatic heterocycles. The molecule has 0 bridgehead atoms. The van der Waals surface area contributed by atoms with Gasteiger partial charge in [-0.2, -0.15) is 0 Å². The maximum Gasteiger partial charge on any atom is 0.269 e. The van der Waals surface area contributed by atoms with Crippen molar-refractivity contribution in [2.45, 2.75) is 0 Å². The fraction of sp³-hybridized carbons (Fsp3) is 0.118. The van der Waals surface area contributed by atoms with Crippen LogP contribution in [0.2, 0.25) is 5.02 Å². The van der Waals surface area contributed by atoms with Crippen LogP contribution in [-0.2, 0) is 9.59 Å². The summed E-state index contributed by atoms with van der Waals surface area (Å²) in [5.41, 5.74) is 5.26. The van der Waals surface area contributed by atoms with Gasteiger partial charge in [0.2, 0.25) is 11.8 Å². The highest BCUT2D eigenvalue weighted by Gasteiger charge is 2.09. The highest BCUT2D eigenvalue weighted by molar-refractivity contribution is 8.00. The third-order valence-corrected chi connectivity index (χ3v) is 4.20. The number of amides is 3. The molecule has 0 saturated carbocycles. The molecule has 26 heavy (non-hydrogen) atoms. The van der Waals surface area contributed by atoms with E-state index in [9.17, 15) is 18.8 Å². The first kappa shape index (κ1) is 19.7. The van der Waals surface area contributed by atoms with E-state index in [0.29, 0.717) is 10.7 Å². The number of nitrogens with one attached hydrogen (secondary N) is 3. The molecule has 0 aliphatic heterocycles. The lowest BCUT2D eigenvalue weighted by atomic mass is 10.2. The summed E-state index contributed by atoms with van der Waals surface area (Å²) in [4.78, 5) is 35.2. The number of halogens is 2. The monoisotopic (exact) mass is 395 g/mol. The molecule has 2 aromatic rings. The lowest BCUT2D eigenvalue weighted by molar-refractivity contribution is -0.119. The molecule has 3 amide bonds. The number of carbonyl (C=O) groups is 3. The third kappa shape index (κ3) is 6.73. The Morgan fingerprint density at radius 2 is 1.50 bits per heavy atom. The smallest absolute Gasteiger partial charge is 0.269 e. The summed E-state index contributed by atoms with van der Waals surface area (Å²) in [6.07, 6.45) is 0. The summed E-state index contributed by atoms with van der Waals surface area (Å²) in [5.74, 6) is -1.70. The number of hydrazine groups is 1. The maximum absolute atomic E-state index is 12.8. The van der Waals surface area contributed by atoms with Crippen LogP contribution in [0.4, 0.5) is 10.1 Å². The fourth-order valence-corrected chi connectivity index (χ4v) is 2.55. The Morgan fingerprint density at radius 3 is 2.15 bits per heavy atom. The van der Waals surface area contributed by atoms with Crippen LogP contribution >= 0.6 is 23.4 Å². The summed E-state index contributed by atoms with van der Waals surface area (Å²) in [6, 6.07) is 11.5. The van der Waals surface area contributed by atoms with Gasteiger partial charge in [0.15, 0.2) is 0 Å². The van der Waals surface area contributed by atoms with E-state index in [4.69, 9.17) is 11.6 Å². The van der Waals surface area contributed by atoms with Gasteiger partial charge >= 0.3 is 0 Å². The quantitative estimate of drug-likeness (QED) is 0.656. The average molecular weight is 396 g/mol. The number of anilines is 1. The SMILES string of the molecule is O=C(CSCC(=O)Nc1ccc(Cl)cc1)NNC(=O)c1ccc(F)cc1. The van der Waals surface area contributed by atoms with Gasteiger partial charge in [-0.1, -0.05) is 11.6 Å². The first-order valence-corrected chi connectivity index (χ1v) is 8.95. The topological polar surface area (TPSA) is 87.3 Å². The second kappa shape index (κ2) is 9.79. The Hall–Kier alpha value is -2.58. The molecule has 0 aliphatic carbocycles. The zero-order valence-electron chi connectivity index (χ0n) is 13.4. The number of hydrogen-bond acceptors (Lipinski definition) is 4. The van der Waals surface area contributed by atoms with Crippen LogP contribution in [0.15, 0.2) is 48.5 Å². The van der Waals surface area contributed by atoms with Crippen LogP contribution in [0, 0.1) is 5.82 Å². The molecule has 0 fully saturated rings. The van der Waals surface area contributed by atoms with Gasteiger partial charge in [0, 0.05) is 16.3 Å². The molecular formula is C17H15ClFN3O3S. The van der Waals surface area contributed by atoms with E-state index in [1.807, 2.05) is 0 Å². The zero-order chi connectivity index (χ0) is 18.9. The molecule has 0 saturated heterocycles. The first-order chi connectivity index (χ1) is 12.4.